The molecule has 0 unspecified atom stereocenters. The average molecular weight is 193 g/mol. The highest BCUT2D eigenvalue weighted by molar-refractivity contribution is 5.30. The lowest BCUT2D eigenvalue weighted by Gasteiger charge is -2.19. The second-order valence-electron chi connectivity index (χ2n) is 3.65. The Labute approximate surface area is 82.8 Å². The number of anilines is 1. The Morgan fingerprint density at radius 1 is 1.43 bits per heavy atom. The summed E-state index contributed by atoms with van der Waals surface area (Å²) >= 11 is 0. The largest absolute Gasteiger partial charge is 0.379 e. The van der Waals surface area contributed by atoms with Crippen molar-refractivity contribution < 1.29 is 0 Å². The van der Waals surface area contributed by atoms with Crippen LogP contribution in [0.15, 0.2) is 4.79 Å². The number of nitrogens with zero attached hydrogens (tertiary/aromatic N) is 2. The third kappa shape index (κ3) is 1.31. The maximum atomic E-state index is 11.6. The number of hydrogen-bond donors (Lipinski definition) is 1. The Balaban J connectivity index is 2.66. The first kappa shape index (κ1) is 9.24. The number of nitrogen functional groups attached to an aromatic ring is 1. The zero-order chi connectivity index (χ0) is 10.1. The van der Waals surface area contributed by atoms with Gasteiger partial charge in [-0.1, -0.05) is 0 Å². The Hall–Kier alpha value is -1.32. The number of nitrogens with two attached hydrogens (primary N) is 1. The summed E-state index contributed by atoms with van der Waals surface area (Å²) in [6.45, 7) is 2.66. The van der Waals surface area contributed by atoms with Crippen LogP contribution in [0.4, 0.5) is 5.82 Å². The van der Waals surface area contributed by atoms with Gasteiger partial charge in [-0.2, -0.15) is 0 Å². The van der Waals surface area contributed by atoms with E-state index in [2.05, 4.69) is 4.98 Å². The van der Waals surface area contributed by atoms with E-state index < -0.39 is 0 Å². The Kier molecular flexibility index (Phi) is 2.27. The summed E-state index contributed by atoms with van der Waals surface area (Å²) in [5.74, 6) is 0.146. The third-order valence-corrected chi connectivity index (χ3v) is 2.77. The van der Waals surface area contributed by atoms with Crippen LogP contribution in [0.5, 0.6) is 0 Å². The summed E-state index contributed by atoms with van der Waals surface area (Å²) in [7, 11) is 0. The van der Waals surface area contributed by atoms with Crippen LogP contribution >= 0.6 is 0 Å². The van der Waals surface area contributed by atoms with Gasteiger partial charge in [-0.05, 0) is 32.6 Å². The fourth-order valence-electron chi connectivity index (χ4n) is 2.07. The summed E-state index contributed by atoms with van der Waals surface area (Å²) < 4.78 is 1.76. The first-order valence-electron chi connectivity index (χ1n) is 5.12. The molecule has 0 amide bonds. The molecule has 1 heterocycles. The molecule has 1 aromatic rings. The molecule has 2 N–H and O–H groups in total. The molecule has 0 bridgehead atoms. The van der Waals surface area contributed by atoms with Crippen molar-refractivity contribution in [2.75, 3.05) is 5.73 Å². The predicted octanol–water partition coefficient (Wildman–Crippen LogP) is 0.724. The molecule has 0 radical (unpaired) electrons. The van der Waals surface area contributed by atoms with Crippen LogP contribution in [0.1, 0.15) is 31.2 Å². The van der Waals surface area contributed by atoms with Gasteiger partial charge < -0.3 is 10.3 Å². The van der Waals surface area contributed by atoms with E-state index in [9.17, 15) is 4.79 Å². The molecular formula is C10H15N3O. The summed E-state index contributed by atoms with van der Waals surface area (Å²) in [5.41, 5.74) is 7.56. The van der Waals surface area contributed by atoms with Gasteiger partial charge in [0, 0.05) is 12.2 Å². The molecule has 2 rings (SSSR count). The fraction of sp³-hybridized carbons (Fsp3) is 0.600. The van der Waals surface area contributed by atoms with Crippen LogP contribution in [0.3, 0.4) is 0 Å². The van der Waals surface area contributed by atoms with E-state index in [1.54, 1.807) is 4.57 Å². The van der Waals surface area contributed by atoms with Crippen molar-refractivity contribution in [3.8, 4) is 0 Å². The molecular weight excluding hydrogens is 178 g/mol. The summed E-state index contributed by atoms with van der Waals surface area (Å²) in [6.07, 6.45) is 4.23. The minimum atomic E-state index is -0.131. The molecule has 1 aliphatic carbocycles. The van der Waals surface area contributed by atoms with Gasteiger partial charge in [0.05, 0.1) is 5.69 Å². The van der Waals surface area contributed by atoms with Crippen LogP contribution in [-0.2, 0) is 19.4 Å². The molecule has 0 atom stereocenters. The number of rotatable bonds is 1. The minimum Gasteiger partial charge on any atom is -0.379 e. The Bertz CT molecular complexity index is 409. The van der Waals surface area contributed by atoms with E-state index in [-0.39, 0.29) is 11.4 Å². The highest BCUT2D eigenvalue weighted by atomic mass is 16.1. The molecule has 0 saturated carbocycles. The molecule has 76 valence electrons. The second kappa shape index (κ2) is 3.44. The van der Waals surface area contributed by atoms with Gasteiger partial charge in [0.2, 0.25) is 0 Å². The van der Waals surface area contributed by atoms with Crippen LogP contribution < -0.4 is 11.3 Å². The van der Waals surface area contributed by atoms with Crippen molar-refractivity contribution in [2.45, 2.75) is 39.2 Å². The lowest BCUT2D eigenvalue weighted by Crippen LogP contribution is -2.30. The van der Waals surface area contributed by atoms with Crippen molar-refractivity contribution in [1.82, 2.24) is 9.55 Å². The Morgan fingerprint density at radius 2 is 2.14 bits per heavy atom. The van der Waals surface area contributed by atoms with E-state index in [4.69, 9.17) is 5.73 Å². The first-order chi connectivity index (χ1) is 6.74. The smallest absolute Gasteiger partial charge is 0.293 e. The molecule has 4 heteroatoms. The number of hydrogen-bond acceptors (Lipinski definition) is 3. The predicted molar refractivity (Wildman–Crippen MR) is 55.2 cm³/mol. The van der Waals surface area contributed by atoms with Crippen LogP contribution in [-0.4, -0.2) is 9.55 Å². The average Bonchev–Trinajstić information content (AvgIpc) is 2.20. The van der Waals surface area contributed by atoms with Crippen LogP contribution in [0, 0.1) is 0 Å². The van der Waals surface area contributed by atoms with E-state index in [0.29, 0.717) is 6.54 Å². The lowest BCUT2D eigenvalue weighted by molar-refractivity contribution is 0.577. The van der Waals surface area contributed by atoms with Crippen molar-refractivity contribution >= 4 is 5.82 Å². The van der Waals surface area contributed by atoms with E-state index in [1.807, 2.05) is 6.92 Å². The standard InChI is InChI=1S/C10H15N3O/c1-2-13-8-6-4-3-5-7(8)12-9(11)10(13)14/h2-6H2,1H3,(H2,11,12). The van der Waals surface area contributed by atoms with E-state index in [1.165, 1.54) is 0 Å². The number of aryl methyl sites for hydroxylation is 1. The topological polar surface area (TPSA) is 60.9 Å². The fourth-order valence-corrected chi connectivity index (χ4v) is 2.07. The monoisotopic (exact) mass is 193 g/mol. The van der Waals surface area contributed by atoms with E-state index in [0.717, 1.165) is 37.1 Å². The Morgan fingerprint density at radius 3 is 2.86 bits per heavy atom. The maximum absolute atomic E-state index is 11.6. The highest BCUT2D eigenvalue weighted by Crippen LogP contribution is 2.18. The van der Waals surface area contributed by atoms with Crippen molar-refractivity contribution in [2.24, 2.45) is 0 Å². The molecule has 0 spiro atoms. The highest BCUT2D eigenvalue weighted by Gasteiger charge is 2.16. The van der Waals surface area contributed by atoms with Gasteiger partial charge in [-0.15, -0.1) is 0 Å². The molecule has 0 aliphatic heterocycles. The zero-order valence-corrected chi connectivity index (χ0v) is 8.42. The maximum Gasteiger partial charge on any atom is 0.293 e. The first-order valence-corrected chi connectivity index (χ1v) is 5.12. The van der Waals surface area contributed by atoms with Gasteiger partial charge in [0.25, 0.3) is 5.56 Å². The molecule has 0 saturated heterocycles. The van der Waals surface area contributed by atoms with Crippen molar-refractivity contribution in [1.29, 1.82) is 0 Å². The second-order valence-corrected chi connectivity index (χ2v) is 3.65. The number of aromatic nitrogens is 2. The SMILES string of the molecule is CCn1c2c(nc(N)c1=O)CCCC2. The van der Waals surface area contributed by atoms with Gasteiger partial charge in [0.1, 0.15) is 0 Å². The quantitative estimate of drug-likeness (QED) is 0.715. The summed E-state index contributed by atoms with van der Waals surface area (Å²) in [6, 6.07) is 0. The van der Waals surface area contributed by atoms with Gasteiger partial charge in [-0.25, -0.2) is 4.98 Å². The van der Waals surface area contributed by atoms with Crippen LogP contribution in [0.25, 0.3) is 0 Å². The zero-order valence-electron chi connectivity index (χ0n) is 8.42. The lowest BCUT2D eigenvalue weighted by atomic mass is 10.00. The number of fused-ring (bicyclic) bond motifs is 1. The third-order valence-electron chi connectivity index (χ3n) is 2.77. The van der Waals surface area contributed by atoms with Crippen molar-refractivity contribution in [3.63, 3.8) is 0 Å². The summed E-state index contributed by atoms with van der Waals surface area (Å²) in [5, 5.41) is 0. The molecule has 1 aliphatic rings. The molecule has 14 heavy (non-hydrogen) atoms. The molecule has 1 aromatic heterocycles. The van der Waals surface area contributed by atoms with Crippen molar-refractivity contribution in [3.05, 3.63) is 21.7 Å². The van der Waals surface area contributed by atoms with Gasteiger partial charge >= 0.3 is 0 Å². The van der Waals surface area contributed by atoms with Gasteiger partial charge in [0.15, 0.2) is 5.82 Å². The van der Waals surface area contributed by atoms with E-state index >= 15 is 0 Å². The minimum absolute atomic E-state index is 0.131. The van der Waals surface area contributed by atoms with Crippen LogP contribution in [0.2, 0.25) is 0 Å². The summed E-state index contributed by atoms with van der Waals surface area (Å²) in [4.78, 5) is 15.8. The molecule has 0 aromatic carbocycles. The normalized spacial score (nSPS) is 15.2. The van der Waals surface area contributed by atoms with Gasteiger partial charge in [-0.3, -0.25) is 4.79 Å². The molecule has 0 fully saturated rings. The molecule has 4 nitrogen and oxygen atoms in total.